The summed E-state index contributed by atoms with van der Waals surface area (Å²) < 4.78 is 5.77. The summed E-state index contributed by atoms with van der Waals surface area (Å²) in [5.41, 5.74) is 0. The van der Waals surface area contributed by atoms with Crippen molar-refractivity contribution in [2.75, 3.05) is 6.61 Å². The second kappa shape index (κ2) is 17.7. The number of rotatable bonds is 19. The Morgan fingerprint density at radius 1 is 0.542 bits per heavy atom. The van der Waals surface area contributed by atoms with Gasteiger partial charge in [0.25, 0.3) is 0 Å². The van der Waals surface area contributed by atoms with Crippen LogP contribution >= 0.6 is 0 Å². The van der Waals surface area contributed by atoms with Gasteiger partial charge in [-0.2, -0.15) is 5.11 Å². The first-order valence-electron chi connectivity index (χ1n) is 11.0. The summed E-state index contributed by atoms with van der Waals surface area (Å²) in [6, 6.07) is 0. The van der Waals surface area contributed by atoms with E-state index in [2.05, 4.69) is 20.8 Å². The molecule has 0 heterocycles. The Kier molecular flexibility index (Phi) is 17.7. The topological polar surface area (TPSA) is 29.1 Å². The molecular weight excluding hydrogens is 296 g/mol. The van der Waals surface area contributed by atoms with Crippen LogP contribution in [0.4, 0.5) is 0 Å². The van der Waals surface area contributed by atoms with E-state index < -0.39 is 5.79 Å². The van der Waals surface area contributed by atoms with E-state index in [0.29, 0.717) is 19.4 Å². The lowest BCUT2D eigenvalue weighted by atomic mass is 10.0. The second-order valence-corrected chi connectivity index (χ2v) is 7.50. The second-order valence-electron chi connectivity index (χ2n) is 7.50. The summed E-state index contributed by atoms with van der Waals surface area (Å²) in [7, 11) is 0. The number of hydrogen-bond donors (Lipinski definition) is 0. The van der Waals surface area contributed by atoms with E-state index in [9.17, 15) is 5.11 Å². The average Bonchev–Trinajstić information content (AvgIpc) is 2.57. The van der Waals surface area contributed by atoms with Crippen LogP contribution in [0.25, 0.3) is 0 Å². The van der Waals surface area contributed by atoms with Crippen molar-refractivity contribution in [2.45, 2.75) is 136 Å². The molecule has 0 aromatic rings. The van der Waals surface area contributed by atoms with Crippen LogP contribution in [-0.2, 0) is 9.84 Å². The summed E-state index contributed by atoms with van der Waals surface area (Å²) >= 11 is 0. The van der Waals surface area contributed by atoms with Crippen LogP contribution < -0.4 is 0 Å². The maximum absolute atomic E-state index is 12.7. The SMILES string of the molecule is CCCCCCCCCCCCOC([O])(CCC)CCCCCC. The number of ether oxygens (including phenoxy) is 1. The number of unbranched alkanes of at least 4 members (excludes halogenated alkanes) is 12. The fraction of sp³-hybridized carbons (Fsp3) is 1.00. The van der Waals surface area contributed by atoms with Crippen LogP contribution in [0.2, 0.25) is 0 Å². The molecule has 0 aliphatic heterocycles. The molecule has 2 nitrogen and oxygen atoms in total. The van der Waals surface area contributed by atoms with Crippen LogP contribution in [0.1, 0.15) is 130 Å². The first kappa shape index (κ1) is 23.9. The molecule has 0 aromatic carbocycles. The molecule has 145 valence electrons. The Labute approximate surface area is 152 Å². The Bertz CT molecular complexity index is 242. The standard InChI is InChI=1S/C22H45O2/c1-4-7-9-11-12-13-14-15-16-18-21-24-22(23,19-6-3)20-17-10-8-5-2/h4-21H2,1-3H3. The zero-order valence-corrected chi connectivity index (χ0v) is 17.0. The van der Waals surface area contributed by atoms with Gasteiger partial charge in [0.1, 0.15) is 0 Å². The van der Waals surface area contributed by atoms with E-state index in [1.54, 1.807) is 0 Å². The minimum absolute atomic E-state index is 0.660. The molecule has 0 saturated heterocycles. The lowest BCUT2D eigenvalue weighted by Crippen LogP contribution is -2.31. The first-order chi connectivity index (χ1) is 11.7. The third-order valence-electron chi connectivity index (χ3n) is 4.91. The lowest BCUT2D eigenvalue weighted by Gasteiger charge is -2.25. The molecule has 1 unspecified atom stereocenters. The fourth-order valence-corrected chi connectivity index (χ4v) is 3.32. The maximum Gasteiger partial charge on any atom is 0.201 e. The highest BCUT2D eigenvalue weighted by molar-refractivity contribution is 4.67. The van der Waals surface area contributed by atoms with Crippen molar-refractivity contribution < 1.29 is 9.84 Å². The normalized spacial score (nSPS) is 14.0. The molecular formula is C22H45O2. The van der Waals surface area contributed by atoms with Gasteiger partial charge in [0.15, 0.2) is 0 Å². The van der Waals surface area contributed by atoms with Gasteiger partial charge >= 0.3 is 0 Å². The van der Waals surface area contributed by atoms with Crippen LogP contribution in [-0.4, -0.2) is 12.4 Å². The molecule has 0 aliphatic rings. The van der Waals surface area contributed by atoms with Crippen molar-refractivity contribution in [1.82, 2.24) is 0 Å². The Hall–Kier alpha value is -0.0800. The highest BCUT2D eigenvalue weighted by Gasteiger charge is 2.28. The molecule has 0 rings (SSSR count). The monoisotopic (exact) mass is 341 g/mol. The zero-order chi connectivity index (χ0) is 17.9. The highest BCUT2D eigenvalue weighted by atomic mass is 16.6. The molecule has 0 aliphatic carbocycles. The third-order valence-corrected chi connectivity index (χ3v) is 4.91. The van der Waals surface area contributed by atoms with E-state index in [0.717, 1.165) is 19.3 Å². The largest absolute Gasteiger partial charge is 0.347 e. The summed E-state index contributed by atoms with van der Waals surface area (Å²) in [5.74, 6) is -1.11. The van der Waals surface area contributed by atoms with Crippen molar-refractivity contribution in [3.63, 3.8) is 0 Å². The summed E-state index contributed by atoms with van der Waals surface area (Å²) in [6.45, 7) is 7.22. The molecule has 0 spiro atoms. The van der Waals surface area contributed by atoms with E-state index in [-0.39, 0.29) is 0 Å². The quantitative estimate of drug-likeness (QED) is 0.174. The fourth-order valence-electron chi connectivity index (χ4n) is 3.32. The van der Waals surface area contributed by atoms with Crippen molar-refractivity contribution >= 4 is 0 Å². The Balaban J connectivity index is 3.55. The molecule has 0 bridgehead atoms. The van der Waals surface area contributed by atoms with Crippen molar-refractivity contribution in [2.24, 2.45) is 0 Å². The highest BCUT2D eigenvalue weighted by Crippen LogP contribution is 2.24. The number of hydrogen-bond acceptors (Lipinski definition) is 1. The Morgan fingerprint density at radius 2 is 1.00 bits per heavy atom. The molecule has 0 aromatic heterocycles. The van der Waals surface area contributed by atoms with E-state index in [1.165, 1.54) is 77.0 Å². The minimum Gasteiger partial charge on any atom is -0.347 e. The van der Waals surface area contributed by atoms with Gasteiger partial charge in [0, 0.05) is 12.8 Å². The van der Waals surface area contributed by atoms with Gasteiger partial charge in [-0.05, 0) is 12.8 Å². The van der Waals surface area contributed by atoms with Gasteiger partial charge in [-0.25, -0.2) is 0 Å². The van der Waals surface area contributed by atoms with Gasteiger partial charge < -0.3 is 4.74 Å². The zero-order valence-electron chi connectivity index (χ0n) is 17.0. The molecule has 0 amide bonds. The van der Waals surface area contributed by atoms with Gasteiger partial charge in [-0.3, -0.25) is 0 Å². The Morgan fingerprint density at radius 3 is 1.50 bits per heavy atom. The summed E-state index contributed by atoms with van der Waals surface area (Å²) in [6.07, 6.45) is 20.2. The third kappa shape index (κ3) is 15.4. The van der Waals surface area contributed by atoms with E-state index in [1.807, 2.05) is 0 Å². The lowest BCUT2D eigenvalue weighted by molar-refractivity contribution is -0.249. The predicted octanol–water partition coefficient (Wildman–Crippen LogP) is 7.82. The van der Waals surface area contributed by atoms with Gasteiger partial charge in [-0.15, -0.1) is 0 Å². The first-order valence-corrected chi connectivity index (χ1v) is 11.0. The molecule has 0 saturated carbocycles. The van der Waals surface area contributed by atoms with E-state index in [4.69, 9.17) is 4.74 Å². The minimum atomic E-state index is -1.11. The molecule has 1 radical (unpaired) electrons. The summed E-state index contributed by atoms with van der Waals surface area (Å²) in [5, 5.41) is 12.7. The molecule has 24 heavy (non-hydrogen) atoms. The average molecular weight is 342 g/mol. The molecule has 0 fully saturated rings. The van der Waals surface area contributed by atoms with Crippen molar-refractivity contribution in [3.8, 4) is 0 Å². The molecule has 0 N–H and O–H groups in total. The maximum atomic E-state index is 12.7. The van der Waals surface area contributed by atoms with Gasteiger partial charge in [-0.1, -0.05) is 104 Å². The van der Waals surface area contributed by atoms with Crippen LogP contribution in [0.5, 0.6) is 0 Å². The van der Waals surface area contributed by atoms with Crippen molar-refractivity contribution in [3.05, 3.63) is 0 Å². The van der Waals surface area contributed by atoms with Gasteiger partial charge in [0.2, 0.25) is 5.79 Å². The molecule has 2 heteroatoms. The van der Waals surface area contributed by atoms with Gasteiger partial charge in [0.05, 0.1) is 6.61 Å². The predicted molar refractivity (Wildman–Crippen MR) is 105 cm³/mol. The molecule has 1 atom stereocenters. The van der Waals surface area contributed by atoms with Crippen LogP contribution in [0.15, 0.2) is 0 Å². The van der Waals surface area contributed by atoms with E-state index >= 15 is 0 Å². The van der Waals surface area contributed by atoms with Crippen molar-refractivity contribution in [1.29, 1.82) is 0 Å². The smallest absolute Gasteiger partial charge is 0.201 e. The summed E-state index contributed by atoms with van der Waals surface area (Å²) in [4.78, 5) is 0. The van der Waals surface area contributed by atoms with Crippen LogP contribution in [0.3, 0.4) is 0 Å². The van der Waals surface area contributed by atoms with Crippen LogP contribution in [0, 0.1) is 0 Å².